The second kappa shape index (κ2) is 11.6. The van der Waals surface area contributed by atoms with E-state index < -0.39 is 43.5 Å². The van der Waals surface area contributed by atoms with Crippen LogP contribution in [0.3, 0.4) is 0 Å². The fourth-order valence-corrected chi connectivity index (χ4v) is 0.968. The van der Waals surface area contributed by atoms with Crippen molar-refractivity contribution < 1.29 is 48.3 Å². The monoisotopic (exact) mass is 308 g/mol. The standard InChI is InChI=1S/C11H16O10/c12-8(13)6-18-1-3-20-10(16)5-11(17)21-4-2-19-7-9(14)15/h1-7H2,(H,12,13)(H,14,15). The Balaban J connectivity index is 3.50. The SMILES string of the molecule is O=C(O)COCCOC(=O)CC(=O)OCCOCC(=O)O. The summed E-state index contributed by atoms with van der Waals surface area (Å²) in [5.74, 6) is -3.97. The molecule has 0 aliphatic carbocycles. The molecule has 0 aliphatic rings. The lowest BCUT2D eigenvalue weighted by molar-refractivity contribution is -0.156. The van der Waals surface area contributed by atoms with Crippen molar-refractivity contribution in [3.05, 3.63) is 0 Å². The second-order valence-corrected chi connectivity index (χ2v) is 3.51. The van der Waals surface area contributed by atoms with Crippen LogP contribution in [-0.2, 0) is 38.1 Å². The molecule has 0 saturated heterocycles. The number of carboxylic acid groups (broad SMARTS) is 2. The van der Waals surface area contributed by atoms with Crippen molar-refractivity contribution in [2.75, 3.05) is 39.6 Å². The molecule has 0 spiro atoms. The number of rotatable bonds is 12. The van der Waals surface area contributed by atoms with E-state index in [1.165, 1.54) is 0 Å². The lowest BCUT2D eigenvalue weighted by Gasteiger charge is -2.06. The Hall–Kier alpha value is -2.20. The Morgan fingerprint density at radius 3 is 1.38 bits per heavy atom. The van der Waals surface area contributed by atoms with Gasteiger partial charge >= 0.3 is 23.9 Å². The van der Waals surface area contributed by atoms with E-state index in [2.05, 4.69) is 18.9 Å². The third-order valence-electron chi connectivity index (χ3n) is 1.72. The molecule has 0 amide bonds. The van der Waals surface area contributed by atoms with Gasteiger partial charge in [0, 0.05) is 0 Å². The molecule has 0 radical (unpaired) electrons. The van der Waals surface area contributed by atoms with E-state index in [4.69, 9.17) is 10.2 Å². The largest absolute Gasteiger partial charge is 0.480 e. The first-order valence-electron chi connectivity index (χ1n) is 5.82. The van der Waals surface area contributed by atoms with Crippen LogP contribution in [0.15, 0.2) is 0 Å². The van der Waals surface area contributed by atoms with Crippen LogP contribution >= 0.6 is 0 Å². The lowest BCUT2D eigenvalue weighted by atomic mass is 10.4. The average molecular weight is 308 g/mol. The van der Waals surface area contributed by atoms with E-state index in [1.54, 1.807) is 0 Å². The van der Waals surface area contributed by atoms with Gasteiger partial charge in [0.15, 0.2) is 0 Å². The summed E-state index contributed by atoms with van der Waals surface area (Å²) in [6.45, 7) is -1.57. The van der Waals surface area contributed by atoms with Crippen LogP contribution in [0.25, 0.3) is 0 Å². The molecule has 0 unspecified atom stereocenters. The Kier molecular flexibility index (Phi) is 10.4. The summed E-state index contributed by atoms with van der Waals surface area (Å²) in [5, 5.41) is 16.5. The summed E-state index contributed by atoms with van der Waals surface area (Å²) in [6, 6.07) is 0. The summed E-state index contributed by atoms with van der Waals surface area (Å²) in [5.41, 5.74) is 0. The van der Waals surface area contributed by atoms with Gasteiger partial charge in [-0.05, 0) is 0 Å². The predicted octanol–water partition coefficient (Wildman–Crippen LogP) is -1.33. The molecule has 10 heteroatoms. The van der Waals surface area contributed by atoms with E-state index in [0.717, 1.165) is 0 Å². The molecule has 0 saturated carbocycles. The molecule has 0 aliphatic heterocycles. The minimum Gasteiger partial charge on any atom is -0.480 e. The highest BCUT2D eigenvalue weighted by atomic mass is 16.6. The fraction of sp³-hybridized carbons (Fsp3) is 0.636. The molecule has 0 rings (SSSR count). The minimum absolute atomic E-state index is 0.101. The van der Waals surface area contributed by atoms with E-state index in [-0.39, 0.29) is 26.4 Å². The quantitative estimate of drug-likeness (QED) is 0.252. The third-order valence-corrected chi connectivity index (χ3v) is 1.72. The number of carboxylic acids is 2. The highest BCUT2D eigenvalue weighted by Gasteiger charge is 2.12. The second-order valence-electron chi connectivity index (χ2n) is 3.51. The van der Waals surface area contributed by atoms with Gasteiger partial charge in [-0.3, -0.25) is 9.59 Å². The number of hydrogen-bond donors (Lipinski definition) is 2. The van der Waals surface area contributed by atoms with Crippen LogP contribution < -0.4 is 0 Å². The van der Waals surface area contributed by atoms with Gasteiger partial charge in [0.1, 0.15) is 32.8 Å². The molecule has 2 N–H and O–H groups in total. The van der Waals surface area contributed by atoms with Crippen LogP contribution in [0.5, 0.6) is 0 Å². The van der Waals surface area contributed by atoms with Crippen LogP contribution in [0.1, 0.15) is 6.42 Å². The van der Waals surface area contributed by atoms with Crippen LogP contribution in [-0.4, -0.2) is 73.7 Å². The van der Waals surface area contributed by atoms with Crippen molar-refractivity contribution in [2.24, 2.45) is 0 Å². The molecular formula is C11H16O10. The number of carbonyl (C=O) groups excluding carboxylic acids is 2. The summed E-state index contributed by atoms with van der Waals surface area (Å²) >= 11 is 0. The van der Waals surface area contributed by atoms with Crippen molar-refractivity contribution in [1.29, 1.82) is 0 Å². The lowest BCUT2D eigenvalue weighted by Crippen LogP contribution is -2.19. The fourth-order valence-electron chi connectivity index (χ4n) is 0.968. The molecule has 21 heavy (non-hydrogen) atoms. The predicted molar refractivity (Wildman–Crippen MR) is 63.4 cm³/mol. The topological polar surface area (TPSA) is 146 Å². The summed E-state index contributed by atoms with van der Waals surface area (Å²) in [7, 11) is 0. The van der Waals surface area contributed by atoms with Crippen molar-refractivity contribution in [2.45, 2.75) is 6.42 Å². The number of hydrogen-bond acceptors (Lipinski definition) is 8. The van der Waals surface area contributed by atoms with Crippen LogP contribution in [0.2, 0.25) is 0 Å². The third kappa shape index (κ3) is 14.0. The molecule has 0 aromatic carbocycles. The average Bonchev–Trinajstić information content (AvgIpc) is 2.37. The maximum absolute atomic E-state index is 11.1. The van der Waals surface area contributed by atoms with E-state index in [1.807, 2.05) is 0 Å². The maximum Gasteiger partial charge on any atom is 0.329 e. The van der Waals surface area contributed by atoms with Gasteiger partial charge in [0.05, 0.1) is 13.2 Å². The summed E-state index contributed by atoms with van der Waals surface area (Å²) in [4.78, 5) is 42.4. The first-order valence-corrected chi connectivity index (χ1v) is 5.82. The number of ether oxygens (including phenoxy) is 4. The van der Waals surface area contributed by atoms with Gasteiger partial charge < -0.3 is 29.2 Å². The maximum atomic E-state index is 11.1. The van der Waals surface area contributed by atoms with Gasteiger partial charge in [-0.2, -0.15) is 0 Å². The van der Waals surface area contributed by atoms with Crippen LogP contribution in [0.4, 0.5) is 0 Å². The zero-order chi connectivity index (χ0) is 16.1. The van der Waals surface area contributed by atoms with E-state index in [9.17, 15) is 19.2 Å². The molecule has 120 valence electrons. The summed E-state index contributed by atoms with van der Waals surface area (Å²) < 4.78 is 18.4. The van der Waals surface area contributed by atoms with Crippen molar-refractivity contribution >= 4 is 23.9 Å². The normalized spacial score (nSPS) is 9.90. The van der Waals surface area contributed by atoms with Crippen molar-refractivity contribution in [1.82, 2.24) is 0 Å². The van der Waals surface area contributed by atoms with Gasteiger partial charge in [-0.25, -0.2) is 9.59 Å². The van der Waals surface area contributed by atoms with Gasteiger partial charge in [0.2, 0.25) is 0 Å². The zero-order valence-corrected chi connectivity index (χ0v) is 11.1. The molecule has 0 aromatic heterocycles. The number of aliphatic carboxylic acids is 2. The van der Waals surface area contributed by atoms with Gasteiger partial charge in [0.25, 0.3) is 0 Å². The van der Waals surface area contributed by atoms with Crippen LogP contribution in [0, 0.1) is 0 Å². The highest BCUT2D eigenvalue weighted by molar-refractivity contribution is 5.91. The van der Waals surface area contributed by atoms with E-state index >= 15 is 0 Å². The smallest absolute Gasteiger partial charge is 0.329 e. The summed E-state index contributed by atoms with van der Waals surface area (Å²) in [6.07, 6.45) is -0.613. The number of carbonyl (C=O) groups is 4. The molecule has 10 nitrogen and oxygen atoms in total. The van der Waals surface area contributed by atoms with Gasteiger partial charge in [-0.1, -0.05) is 0 Å². The Labute approximate surface area is 119 Å². The Bertz CT molecular complexity index is 330. The number of esters is 2. The molecular weight excluding hydrogens is 292 g/mol. The zero-order valence-electron chi connectivity index (χ0n) is 11.1. The molecule has 0 atom stereocenters. The van der Waals surface area contributed by atoms with Gasteiger partial charge in [-0.15, -0.1) is 0 Å². The first-order chi connectivity index (χ1) is 9.91. The Morgan fingerprint density at radius 2 is 1.05 bits per heavy atom. The Morgan fingerprint density at radius 1 is 0.667 bits per heavy atom. The highest BCUT2D eigenvalue weighted by Crippen LogP contribution is 1.92. The van der Waals surface area contributed by atoms with Crippen molar-refractivity contribution in [3.63, 3.8) is 0 Å². The molecule has 0 bridgehead atoms. The minimum atomic E-state index is -1.14. The van der Waals surface area contributed by atoms with E-state index in [0.29, 0.717) is 0 Å². The molecule has 0 fully saturated rings. The molecule has 0 heterocycles. The van der Waals surface area contributed by atoms with Crippen molar-refractivity contribution in [3.8, 4) is 0 Å². The molecule has 0 aromatic rings. The first kappa shape index (κ1) is 18.8.